The van der Waals surface area contributed by atoms with Gasteiger partial charge in [0.25, 0.3) is 5.56 Å². The van der Waals surface area contributed by atoms with E-state index in [0.717, 1.165) is 64.6 Å². The van der Waals surface area contributed by atoms with Gasteiger partial charge < -0.3 is 26.0 Å². The third-order valence-corrected chi connectivity index (χ3v) is 11.4. The van der Waals surface area contributed by atoms with E-state index in [1.54, 1.807) is 23.9 Å². The number of methoxy groups -OCH3 is 1. The lowest BCUT2D eigenvalue weighted by atomic mass is 9.93. The van der Waals surface area contributed by atoms with Gasteiger partial charge in [-0.1, -0.05) is 59.6 Å². The number of carbonyl (C=O) groups excluding carboxylic acids is 2. The van der Waals surface area contributed by atoms with E-state index in [9.17, 15) is 14.4 Å². The number of hydrogen-bond acceptors (Lipinski definition) is 8. The molecular formula is C42H41Cl2N7O4. The predicted molar refractivity (Wildman–Crippen MR) is 215 cm³/mol. The van der Waals surface area contributed by atoms with Crippen LogP contribution in [0.3, 0.4) is 0 Å². The Balaban J connectivity index is 1.01. The fraction of sp³-hybridized carbons (Fsp3) is 0.310. The van der Waals surface area contributed by atoms with Crippen molar-refractivity contribution in [2.24, 2.45) is 0 Å². The monoisotopic (exact) mass is 777 g/mol. The van der Waals surface area contributed by atoms with Gasteiger partial charge in [-0.2, -0.15) is 0 Å². The van der Waals surface area contributed by atoms with Crippen LogP contribution >= 0.6 is 23.2 Å². The number of nitrogens with zero attached hydrogens (tertiary/aromatic N) is 3. The maximum Gasteiger partial charge on any atom is 0.262 e. The summed E-state index contributed by atoms with van der Waals surface area (Å²) in [4.78, 5) is 45.8. The number of carbonyl (C=O) groups is 2. The van der Waals surface area contributed by atoms with E-state index in [1.807, 2.05) is 42.5 Å². The van der Waals surface area contributed by atoms with Crippen molar-refractivity contribution in [3.05, 3.63) is 115 Å². The van der Waals surface area contributed by atoms with Gasteiger partial charge in [0.2, 0.25) is 17.7 Å². The van der Waals surface area contributed by atoms with Gasteiger partial charge in [-0.3, -0.25) is 18.8 Å². The highest BCUT2D eigenvalue weighted by atomic mass is 35.5. The highest BCUT2D eigenvalue weighted by Crippen LogP contribution is 2.44. The molecule has 2 aliphatic heterocycles. The van der Waals surface area contributed by atoms with Crippen molar-refractivity contribution < 1.29 is 14.3 Å². The lowest BCUT2D eigenvalue weighted by molar-refractivity contribution is -0.120. The Hall–Kier alpha value is -5.07. The Morgan fingerprint density at radius 1 is 0.836 bits per heavy atom. The summed E-state index contributed by atoms with van der Waals surface area (Å²) in [6, 6.07) is 18.2. The molecule has 0 spiro atoms. The maximum atomic E-state index is 13.3. The number of hydrogen-bond donors (Lipinski definition) is 4. The number of rotatable bonds is 12. The average Bonchev–Trinajstić information content (AvgIpc) is 3.93. The van der Waals surface area contributed by atoms with Crippen LogP contribution in [0, 0.1) is 0 Å². The number of halogens is 2. The Labute approximate surface area is 328 Å². The molecule has 8 rings (SSSR count). The minimum atomic E-state index is -0.141. The van der Waals surface area contributed by atoms with E-state index >= 15 is 0 Å². The van der Waals surface area contributed by atoms with Crippen LogP contribution in [0.15, 0.2) is 71.8 Å². The summed E-state index contributed by atoms with van der Waals surface area (Å²) >= 11 is 14.0. The van der Waals surface area contributed by atoms with E-state index in [1.165, 1.54) is 5.56 Å². The van der Waals surface area contributed by atoms with Crippen molar-refractivity contribution in [1.82, 2.24) is 35.6 Å². The summed E-state index contributed by atoms with van der Waals surface area (Å²) in [5.41, 5.74) is 9.59. The molecule has 2 fully saturated rings. The first-order chi connectivity index (χ1) is 26.7. The summed E-state index contributed by atoms with van der Waals surface area (Å²) in [5.74, 6) is 0.668. The zero-order chi connectivity index (χ0) is 38.1. The summed E-state index contributed by atoms with van der Waals surface area (Å²) in [5, 5.41) is 13.7. The fourth-order valence-electron chi connectivity index (χ4n) is 7.83. The second-order valence-corrected chi connectivity index (χ2v) is 15.1. The van der Waals surface area contributed by atoms with Crippen molar-refractivity contribution in [3.8, 4) is 28.1 Å². The molecule has 55 heavy (non-hydrogen) atoms. The van der Waals surface area contributed by atoms with Crippen molar-refractivity contribution in [2.45, 2.75) is 63.7 Å². The van der Waals surface area contributed by atoms with Crippen LogP contribution in [-0.4, -0.2) is 58.5 Å². The van der Waals surface area contributed by atoms with Gasteiger partial charge in [0.05, 0.1) is 22.8 Å². The number of benzene rings is 2. The fourth-order valence-corrected chi connectivity index (χ4v) is 8.40. The van der Waals surface area contributed by atoms with Crippen molar-refractivity contribution in [2.75, 3.05) is 20.2 Å². The Kier molecular flexibility index (Phi) is 10.7. The van der Waals surface area contributed by atoms with Gasteiger partial charge in [0, 0.05) is 85.8 Å². The smallest absolute Gasteiger partial charge is 0.262 e. The minimum absolute atomic E-state index is 0.0670. The molecule has 1 aliphatic carbocycles. The zero-order valence-electron chi connectivity index (χ0n) is 30.4. The molecule has 2 atom stereocenters. The van der Waals surface area contributed by atoms with Crippen LogP contribution in [-0.2, 0) is 29.1 Å². The molecule has 0 radical (unpaired) electrons. The van der Waals surface area contributed by atoms with Gasteiger partial charge in [0.1, 0.15) is 5.65 Å². The van der Waals surface area contributed by atoms with Crippen LogP contribution in [0.2, 0.25) is 10.0 Å². The average molecular weight is 779 g/mol. The number of amides is 2. The quantitative estimate of drug-likeness (QED) is 0.122. The lowest BCUT2D eigenvalue weighted by Crippen LogP contribution is -2.36. The molecule has 2 aromatic carbocycles. The maximum absolute atomic E-state index is 13.3. The third-order valence-electron chi connectivity index (χ3n) is 10.7. The molecule has 2 amide bonds. The Morgan fingerprint density at radius 2 is 1.51 bits per heavy atom. The summed E-state index contributed by atoms with van der Waals surface area (Å²) in [6.07, 6.45) is 9.78. The molecular weight excluding hydrogens is 737 g/mol. The Morgan fingerprint density at radius 3 is 2.20 bits per heavy atom. The van der Waals surface area contributed by atoms with Gasteiger partial charge in [-0.25, -0.2) is 9.97 Å². The van der Waals surface area contributed by atoms with Gasteiger partial charge in [-0.05, 0) is 77.8 Å². The first kappa shape index (κ1) is 36.9. The van der Waals surface area contributed by atoms with Crippen molar-refractivity contribution in [1.29, 1.82) is 0 Å². The van der Waals surface area contributed by atoms with Gasteiger partial charge >= 0.3 is 0 Å². The van der Waals surface area contributed by atoms with Crippen molar-refractivity contribution >= 4 is 52.3 Å². The first-order valence-corrected chi connectivity index (χ1v) is 19.4. The summed E-state index contributed by atoms with van der Waals surface area (Å²) in [6.45, 7) is 2.14. The van der Waals surface area contributed by atoms with Crippen LogP contribution in [0.5, 0.6) is 5.88 Å². The molecule has 0 unspecified atom stereocenters. The first-order valence-electron chi connectivity index (χ1n) is 18.6. The highest BCUT2D eigenvalue weighted by Gasteiger charge is 2.24. The van der Waals surface area contributed by atoms with Crippen molar-refractivity contribution in [3.63, 3.8) is 0 Å². The minimum Gasteiger partial charge on any atom is -0.481 e. The predicted octanol–water partition coefficient (Wildman–Crippen LogP) is 5.96. The molecule has 282 valence electrons. The van der Waals surface area contributed by atoms with Gasteiger partial charge in [0.15, 0.2) is 0 Å². The zero-order valence-corrected chi connectivity index (χ0v) is 31.9. The van der Waals surface area contributed by atoms with Crippen LogP contribution < -0.4 is 31.6 Å². The molecule has 5 heterocycles. The molecule has 3 aromatic heterocycles. The van der Waals surface area contributed by atoms with E-state index < -0.39 is 0 Å². The van der Waals surface area contributed by atoms with Crippen LogP contribution in [0.1, 0.15) is 60.1 Å². The molecule has 3 aliphatic rings. The molecule has 2 saturated heterocycles. The molecule has 13 heteroatoms. The number of allylic oxidation sites excluding steroid dienone is 1. The van der Waals surface area contributed by atoms with E-state index in [0.29, 0.717) is 71.9 Å². The van der Waals surface area contributed by atoms with E-state index in [4.69, 9.17) is 32.9 Å². The van der Waals surface area contributed by atoms with E-state index in [2.05, 4.69) is 44.5 Å². The normalized spacial score (nSPS) is 18.6. The number of nitrogens with one attached hydrogen (secondary N) is 4. The van der Waals surface area contributed by atoms with E-state index in [-0.39, 0.29) is 29.5 Å². The Bertz CT molecular complexity index is 2410. The number of ether oxygens (including phenoxy) is 1. The second-order valence-electron chi connectivity index (χ2n) is 14.3. The molecule has 4 N–H and O–H groups in total. The van der Waals surface area contributed by atoms with Gasteiger partial charge in [-0.15, -0.1) is 0 Å². The summed E-state index contributed by atoms with van der Waals surface area (Å²) < 4.78 is 7.21. The topological polar surface area (TPSA) is 139 Å². The third kappa shape index (κ3) is 7.75. The number of pyridine rings is 2. The lowest BCUT2D eigenvalue weighted by Gasteiger charge is -2.15. The molecule has 0 bridgehead atoms. The number of aromatic nitrogens is 3. The largest absolute Gasteiger partial charge is 0.481 e. The molecule has 5 aromatic rings. The second kappa shape index (κ2) is 16.0. The highest BCUT2D eigenvalue weighted by molar-refractivity contribution is 6.36. The molecule has 11 nitrogen and oxygen atoms in total. The molecule has 0 saturated carbocycles. The van der Waals surface area contributed by atoms with Crippen LogP contribution in [0.4, 0.5) is 0 Å². The SMILES string of the molecule is COc1nc(/C=C2/CCc3c2cccc3-c2cccc(-c3ccn4c(=O)c(CNC[C@H]5CCC(=O)N5)cnc4c3)c2Cl)c(Cl)cc1CNC[C@H]1CCC(=O)N1. The number of fused-ring (bicyclic) bond motifs is 2. The standard InChI is InChI=1S/C42H41Cl2N7O4/c1-55-41-26(19-45-22-28-9-12-38(52)48-28)16-35(43)36(50-41)17-24-8-11-33-30(24)4-2-6-32(33)34-7-3-5-31(40(34)44)25-14-15-51-37(18-25)47-21-27(42(51)54)20-46-23-29-10-13-39(53)49-29/h2-7,14-18,21,28-29,45-46H,8-13,19-20,22-23H2,1H3,(H,48,52)(H,49,53)/b24-17-/t28-,29-/m1/s1. The summed E-state index contributed by atoms with van der Waals surface area (Å²) in [7, 11) is 1.61. The van der Waals surface area contributed by atoms with Crippen LogP contribution in [0.25, 0.3) is 39.6 Å².